The van der Waals surface area contributed by atoms with Gasteiger partial charge in [0.25, 0.3) is 0 Å². The van der Waals surface area contributed by atoms with E-state index < -0.39 is 6.09 Å². The first kappa shape index (κ1) is 27.4. The van der Waals surface area contributed by atoms with Crippen molar-refractivity contribution < 1.29 is 14.3 Å². The van der Waals surface area contributed by atoms with E-state index in [1.807, 2.05) is 86.6 Å². The third-order valence-electron chi connectivity index (χ3n) is 7.01. The molecular weight excluding hydrogens is 474 g/mol. The number of carbonyl (C=O) groups excluding carboxylic acids is 2. The van der Waals surface area contributed by atoms with Crippen LogP contribution < -0.4 is 10.6 Å². The molecule has 1 saturated heterocycles. The lowest BCUT2D eigenvalue weighted by atomic mass is 9.89. The van der Waals surface area contributed by atoms with Crippen LogP contribution in [0, 0.1) is 0 Å². The second kappa shape index (κ2) is 13.8. The number of amides is 2. The molecule has 2 N–H and O–H groups in total. The Morgan fingerprint density at radius 1 is 0.895 bits per heavy atom. The summed E-state index contributed by atoms with van der Waals surface area (Å²) in [6.45, 7) is 7.37. The van der Waals surface area contributed by atoms with Crippen molar-refractivity contribution in [1.82, 2.24) is 10.2 Å². The number of benzene rings is 3. The lowest BCUT2D eigenvalue weighted by molar-refractivity contribution is -0.121. The lowest BCUT2D eigenvalue weighted by Gasteiger charge is -2.32. The van der Waals surface area contributed by atoms with Gasteiger partial charge in [-0.15, -0.1) is 0 Å². The van der Waals surface area contributed by atoms with Gasteiger partial charge in [0, 0.05) is 12.2 Å². The zero-order valence-electron chi connectivity index (χ0n) is 22.4. The quantitative estimate of drug-likeness (QED) is 0.319. The number of hydrogen-bond acceptors (Lipinski definition) is 4. The molecule has 6 nitrogen and oxygen atoms in total. The van der Waals surface area contributed by atoms with Gasteiger partial charge in [0.15, 0.2) is 0 Å². The molecule has 0 bridgehead atoms. The van der Waals surface area contributed by atoms with E-state index in [9.17, 15) is 9.59 Å². The Morgan fingerprint density at radius 3 is 2.13 bits per heavy atom. The van der Waals surface area contributed by atoms with Gasteiger partial charge in [0.2, 0.25) is 5.91 Å². The molecule has 0 aliphatic carbocycles. The van der Waals surface area contributed by atoms with E-state index in [-0.39, 0.29) is 17.9 Å². The van der Waals surface area contributed by atoms with Crippen molar-refractivity contribution in [3.63, 3.8) is 0 Å². The smallest absolute Gasteiger partial charge is 0.411 e. The van der Waals surface area contributed by atoms with Crippen molar-refractivity contribution in [2.45, 2.75) is 51.0 Å². The van der Waals surface area contributed by atoms with Gasteiger partial charge in [0.05, 0.1) is 12.0 Å². The van der Waals surface area contributed by atoms with Crippen molar-refractivity contribution in [2.24, 2.45) is 0 Å². The average molecular weight is 514 g/mol. The second-order valence-corrected chi connectivity index (χ2v) is 10.2. The minimum atomic E-state index is -0.419. The standard InChI is InChI=1S/C32H39N3O3/c1-24(2)38-32(37)34-29-16-9-15-28(23-29)25-17-21-35(22-18-25)20-10-19-33-31(36)30(26-11-5-3-6-12-26)27-13-7-4-8-14-27/h3-9,11-16,23-25,30H,10,17-22H2,1-2H3,(H,33,36)(H,34,37). The van der Waals surface area contributed by atoms with Gasteiger partial charge in [-0.05, 0) is 87.5 Å². The van der Waals surface area contributed by atoms with E-state index in [2.05, 4.69) is 27.7 Å². The normalized spacial score (nSPS) is 14.4. The highest BCUT2D eigenvalue weighted by atomic mass is 16.6. The summed E-state index contributed by atoms with van der Waals surface area (Å²) in [4.78, 5) is 27.6. The van der Waals surface area contributed by atoms with Crippen LogP contribution in [0.1, 0.15) is 61.6 Å². The molecule has 200 valence electrons. The molecule has 1 fully saturated rings. The predicted octanol–water partition coefficient (Wildman–Crippen LogP) is 6.16. The fourth-order valence-electron chi connectivity index (χ4n) is 5.12. The van der Waals surface area contributed by atoms with Crippen molar-refractivity contribution in [3.05, 3.63) is 102 Å². The van der Waals surface area contributed by atoms with Crippen LogP contribution in [0.4, 0.5) is 10.5 Å². The molecule has 0 saturated carbocycles. The van der Waals surface area contributed by atoms with Crippen LogP contribution in [0.5, 0.6) is 0 Å². The monoisotopic (exact) mass is 513 g/mol. The third-order valence-corrected chi connectivity index (χ3v) is 7.01. The Hall–Kier alpha value is -3.64. The van der Waals surface area contributed by atoms with Crippen LogP contribution in [0.25, 0.3) is 0 Å². The Labute approximate surface area is 226 Å². The molecule has 0 unspecified atom stereocenters. The van der Waals surface area contributed by atoms with Gasteiger partial charge in [0.1, 0.15) is 0 Å². The van der Waals surface area contributed by atoms with Gasteiger partial charge >= 0.3 is 6.09 Å². The molecule has 2 amide bonds. The summed E-state index contributed by atoms with van der Waals surface area (Å²) in [5.74, 6) is 0.226. The first-order valence-electron chi connectivity index (χ1n) is 13.7. The maximum Gasteiger partial charge on any atom is 0.411 e. The van der Waals surface area contributed by atoms with Gasteiger partial charge < -0.3 is 15.0 Å². The fraction of sp³-hybridized carbons (Fsp3) is 0.375. The number of piperidine rings is 1. The molecule has 0 radical (unpaired) electrons. The Morgan fingerprint density at radius 2 is 1.53 bits per heavy atom. The summed E-state index contributed by atoms with van der Waals surface area (Å²) < 4.78 is 5.19. The van der Waals surface area contributed by atoms with Crippen LogP contribution in [-0.4, -0.2) is 49.2 Å². The van der Waals surface area contributed by atoms with Crippen molar-refractivity contribution in [1.29, 1.82) is 0 Å². The highest BCUT2D eigenvalue weighted by Crippen LogP contribution is 2.30. The molecule has 3 aromatic carbocycles. The van der Waals surface area contributed by atoms with E-state index in [0.717, 1.165) is 55.7 Å². The highest BCUT2D eigenvalue weighted by Gasteiger charge is 2.23. The SMILES string of the molecule is CC(C)OC(=O)Nc1cccc(C2CCN(CCCNC(=O)C(c3ccccc3)c3ccccc3)CC2)c1. The number of likely N-dealkylation sites (tertiary alicyclic amines) is 1. The van der Waals surface area contributed by atoms with Gasteiger partial charge in [-0.1, -0.05) is 72.8 Å². The van der Waals surface area contributed by atoms with E-state index in [4.69, 9.17) is 4.74 Å². The maximum absolute atomic E-state index is 13.2. The molecule has 38 heavy (non-hydrogen) atoms. The highest BCUT2D eigenvalue weighted by molar-refractivity contribution is 5.87. The van der Waals surface area contributed by atoms with Crippen LogP contribution in [0.3, 0.4) is 0 Å². The minimum Gasteiger partial charge on any atom is -0.447 e. The van der Waals surface area contributed by atoms with E-state index >= 15 is 0 Å². The van der Waals surface area contributed by atoms with Crippen LogP contribution in [0.15, 0.2) is 84.9 Å². The number of nitrogens with one attached hydrogen (secondary N) is 2. The first-order valence-corrected chi connectivity index (χ1v) is 13.7. The molecule has 1 aliphatic rings. The number of nitrogens with zero attached hydrogens (tertiary/aromatic N) is 1. The number of ether oxygens (including phenoxy) is 1. The number of anilines is 1. The van der Waals surface area contributed by atoms with E-state index in [1.165, 1.54) is 5.56 Å². The summed E-state index contributed by atoms with van der Waals surface area (Å²) in [6, 6.07) is 28.1. The maximum atomic E-state index is 13.2. The molecule has 3 aromatic rings. The predicted molar refractivity (Wildman–Crippen MR) is 152 cm³/mol. The molecule has 1 heterocycles. The van der Waals surface area contributed by atoms with E-state index in [1.54, 1.807) is 0 Å². The second-order valence-electron chi connectivity index (χ2n) is 10.2. The Bertz CT molecular complexity index is 1120. The Kier molecular flexibility index (Phi) is 9.93. The summed E-state index contributed by atoms with van der Waals surface area (Å²) >= 11 is 0. The molecule has 4 rings (SSSR count). The number of carbonyl (C=O) groups is 2. The zero-order valence-corrected chi connectivity index (χ0v) is 22.4. The molecular formula is C32H39N3O3. The Balaban J connectivity index is 1.22. The molecule has 0 spiro atoms. The van der Waals surface area contributed by atoms with Gasteiger partial charge in [-0.3, -0.25) is 10.1 Å². The topological polar surface area (TPSA) is 70.7 Å². The largest absolute Gasteiger partial charge is 0.447 e. The van der Waals surface area contributed by atoms with Crippen molar-refractivity contribution >= 4 is 17.7 Å². The van der Waals surface area contributed by atoms with Crippen molar-refractivity contribution in [3.8, 4) is 0 Å². The number of hydrogen-bond donors (Lipinski definition) is 2. The molecule has 6 heteroatoms. The minimum absolute atomic E-state index is 0.0480. The summed E-state index contributed by atoms with van der Waals surface area (Å²) in [6.07, 6.45) is 2.51. The summed E-state index contributed by atoms with van der Waals surface area (Å²) in [5, 5.41) is 6.00. The van der Waals surface area contributed by atoms with Crippen LogP contribution in [-0.2, 0) is 9.53 Å². The first-order chi connectivity index (χ1) is 18.5. The van der Waals surface area contributed by atoms with Gasteiger partial charge in [-0.2, -0.15) is 0 Å². The van der Waals surface area contributed by atoms with Crippen LogP contribution >= 0.6 is 0 Å². The number of rotatable bonds is 10. The average Bonchev–Trinajstić information content (AvgIpc) is 2.92. The van der Waals surface area contributed by atoms with E-state index in [0.29, 0.717) is 12.5 Å². The molecule has 1 aliphatic heterocycles. The summed E-state index contributed by atoms with van der Waals surface area (Å²) in [7, 11) is 0. The zero-order chi connectivity index (χ0) is 26.7. The lowest BCUT2D eigenvalue weighted by Crippen LogP contribution is -2.36. The fourth-order valence-corrected chi connectivity index (χ4v) is 5.12. The third kappa shape index (κ3) is 7.93. The summed E-state index contributed by atoms with van der Waals surface area (Å²) in [5.41, 5.74) is 4.05. The molecule has 0 atom stereocenters. The van der Waals surface area contributed by atoms with Crippen molar-refractivity contribution in [2.75, 3.05) is 31.5 Å². The molecule has 0 aromatic heterocycles. The van der Waals surface area contributed by atoms with Crippen LogP contribution in [0.2, 0.25) is 0 Å². The van der Waals surface area contributed by atoms with Gasteiger partial charge in [-0.25, -0.2) is 4.79 Å².